The minimum Gasteiger partial charge on any atom is -0.312 e. The molecule has 25 heavy (non-hydrogen) atoms. The number of anilines is 1. The van der Waals surface area contributed by atoms with Crippen LogP contribution in [0.5, 0.6) is 0 Å². The van der Waals surface area contributed by atoms with Gasteiger partial charge in [0.2, 0.25) is 17.7 Å². The molecule has 0 saturated carbocycles. The number of hydrogen-bond acceptors (Lipinski definition) is 3. The smallest absolute Gasteiger partial charge is 0.243 e. The second kappa shape index (κ2) is 7.61. The molecule has 1 aliphatic rings. The summed E-state index contributed by atoms with van der Waals surface area (Å²) in [5.41, 5.74) is 6.46. The number of amides is 3. The van der Waals surface area contributed by atoms with E-state index < -0.39 is 5.92 Å². The highest BCUT2D eigenvalue weighted by atomic mass is 16.2. The molecule has 0 spiro atoms. The van der Waals surface area contributed by atoms with E-state index in [9.17, 15) is 14.4 Å². The molecule has 6 heteroatoms. The van der Waals surface area contributed by atoms with Crippen molar-refractivity contribution in [2.45, 2.75) is 12.8 Å². The Labute approximate surface area is 145 Å². The van der Waals surface area contributed by atoms with Gasteiger partial charge in [0, 0.05) is 18.7 Å². The van der Waals surface area contributed by atoms with E-state index in [0.717, 1.165) is 11.3 Å². The molecular formula is C19H19N3O3. The summed E-state index contributed by atoms with van der Waals surface area (Å²) in [6, 6.07) is 18.5. The van der Waals surface area contributed by atoms with Crippen LogP contribution in [0.1, 0.15) is 12.0 Å². The summed E-state index contributed by atoms with van der Waals surface area (Å²) in [5.74, 6) is -1.23. The molecule has 2 aromatic rings. The number of nitrogens with zero attached hydrogens (tertiary/aromatic N) is 1. The Morgan fingerprint density at radius 2 is 1.60 bits per heavy atom. The fraction of sp³-hybridized carbons (Fsp3) is 0.211. The Morgan fingerprint density at radius 1 is 0.960 bits per heavy atom. The largest absolute Gasteiger partial charge is 0.312 e. The first-order valence-electron chi connectivity index (χ1n) is 8.11. The van der Waals surface area contributed by atoms with Crippen LogP contribution in [0.4, 0.5) is 5.69 Å². The molecule has 0 radical (unpaired) electrons. The lowest BCUT2D eigenvalue weighted by atomic mass is 10.1. The van der Waals surface area contributed by atoms with Crippen LogP contribution in [0.2, 0.25) is 0 Å². The van der Waals surface area contributed by atoms with Crippen LogP contribution in [0, 0.1) is 5.92 Å². The van der Waals surface area contributed by atoms with Gasteiger partial charge in [-0.3, -0.25) is 25.2 Å². The molecule has 1 heterocycles. The van der Waals surface area contributed by atoms with Crippen LogP contribution >= 0.6 is 0 Å². The van der Waals surface area contributed by atoms with Gasteiger partial charge in [0.1, 0.15) is 0 Å². The van der Waals surface area contributed by atoms with Crippen molar-refractivity contribution in [1.82, 2.24) is 10.9 Å². The molecule has 1 saturated heterocycles. The van der Waals surface area contributed by atoms with Crippen molar-refractivity contribution >= 4 is 23.4 Å². The zero-order valence-electron chi connectivity index (χ0n) is 13.6. The molecule has 3 amide bonds. The summed E-state index contributed by atoms with van der Waals surface area (Å²) in [7, 11) is 0. The van der Waals surface area contributed by atoms with Crippen LogP contribution in [-0.4, -0.2) is 24.3 Å². The number of para-hydroxylation sites is 1. The van der Waals surface area contributed by atoms with E-state index in [0.29, 0.717) is 6.54 Å². The molecule has 1 aliphatic heterocycles. The summed E-state index contributed by atoms with van der Waals surface area (Å²) in [6.45, 7) is 0.309. The maximum absolute atomic E-state index is 12.2. The van der Waals surface area contributed by atoms with Crippen molar-refractivity contribution in [2.75, 3.05) is 11.4 Å². The minimum absolute atomic E-state index is 0.0954. The molecular weight excluding hydrogens is 318 g/mol. The molecule has 3 rings (SSSR count). The lowest BCUT2D eigenvalue weighted by molar-refractivity contribution is -0.131. The van der Waals surface area contributed by atoms with Crippen molar-refractivity contribution in [3.63, 3.8) is 0 Å². The molecule has 2 N–H and O–H groups in total. The van der Waals surface area contributed by atoms with Gasteiger partial charge in [-0.1, -0.05) is 48.5 Å². The summed E-state index contributed by atoms with van der Waals surface area (Å²) in [4.78, 5) is 37.8. The van der Waals surface area contributed by atoms with Crippen molar-refractivity contribution in [1.29, 1.82) is 0 Å². The highest BCUT2D eigenvalue weighted by Crippen LogP contribution is 2.24. The third-order valence-corrected chi connectivity index (χ3v) is 4.10. The van der Waals surface area contributed by atoms with Gasteiger partial charge in [0.05, 0.1) is 12.3 Å². The average molecular weight is 337 g/mol. The van der Waals surface area contributed by atoms with Crippen molar-refractivity contribution in [2.24, 2.45) is 5.92 Å². The van der Waals surface area contributed by atoms with Gasteiger partial charge in [0.25, 0.3) is 0 Å². The third-order valence-electron chi connectivity index (χ3n) is 4.10. The number of nitrogens with one attached hydrogen (secondary N) is 2. The lowest BCUT2D eigenvalue weighted by Crippen LogP contribution is -2.45. The van der Waals surface area contributed by atoms with Crippen LogP contribution < -0.4 is 15.8 Å². The highest BCUT2D eigenvalue weighted by Gasteiger charge is 2.35. The number of carbonyl (C=O) groups excluding carboxylic acids is 3. The van der Waals surface area contributed by atoms with E-state index in [2.05, 4.69) is 10.9 Å². The Kier molecular flexibility index (Phi) is 5.09. The standard InChI is InChI=1S/C19H19N3O3/c23-17(11-14-7-3-1-4-8-14)20-21-19(25)15-12-18(24)22(13-15)16-9-5-2-6-10-16/h1-10,15H,11-13H2,(H,20,23)(H,21,25). The fourth-order valence-electron chi connectivity index (χ4n) is 2.80. The van der Waals surface area contributed by atoms with E-state index in [-0.39, 0.29) is 30.6 Å². The predicted molar refractivity (Wildman–Crippen MR) is 93.3 cm³/mol. The van der Waals surface area contributed by atoms with Crippen LogP contribution in [0.25, 0.3) is 0 Å². The first-order valence-corrected chi connectivity index (χ1v) is 8.11. The summed E-state index contributed by atoms with van der Waals surface area (Å²) in [5, 5.41) is 0. The zero-order valence-corrected chi connectivity index (χ0v) is 13.6. The number of carbonyl (C=O) groups is 3. The van der Waals surface area contributed by atoms with E-state index >= 15 is 0 Å². The van der Waals surface area contributed by atoms with Gasteiger partial charge in [-0.2, -0.15) is 0 Å². The molecule has 1 unspecified atom stereocenters. The minimum atomic E-state index is -0.482. The molecule has 0 bridgehead atoms. The van der Waals surface area contributed by atoms with Gasteiger partial charge in [-0.05, 0) is 17.7 Å². The van der Waals surface area contributed by atoms with Gasteiger partial charge in [-0.25, -0.2) is 0 Å². The van der Waals surface area contributed by atoms with Crippen molar-refractivity contribution in [3.05, 3.63) is 66.2 Å². The summed E-state index contributed by atoms with van der Waals surface area (Å²) < 4.78 is 0. The predicted octanol–water partition coefficient (Wildman–Crippen LogP) is 1.43. The third kappa shape index (κ3) is 4.23. The van der Waals surface area contributed by atoms with Gasteiger partial charge in [-0.15, -0.1) is 0 Å². The Balaban J connectivity index is 1.50. The topological polar surface area (TPSA) is 78.5 Å². The van der Waals surface area contributed by atoms with Crippen LogP contribution in [-0.2, 0) is 20.8 Å². The number of hydrogen-bond donors (Lipinski definition) is 2. The highest BCUT2D eigenvalue weighted by molar-refractivity contribution is 6.00. The maximum atomic E-state index is 12.2. The fourth-order valence-corrected chi connectivity index (χ4v) is 2.80. The molecule has 0 aliphatic carbocycles. The Morgan fingerprint density at radius 3 is 2.28 bits per heavy atom. The molecule has 128 valence electrons. The second-order valence-electron chi connectivity index (χ2n) is 5.94. The first-order chi connectivity index (χ1) is 12.1. The summed E-state index contributed by atoms with van der Waals surface area (Å²) >= 11 is 0. The van der Waals surface area contributed by atoms with Crippen molar-refractivity contribution < 1.29 is 14.4 Å². The van der Waals surface area contributed by atoms with Crippen LogP contribution in [0.3, 0.4) is 0 Å². The number of rotatable bonds is 4. The zero-order chi connectivity index (χ0) is 17.6. The normalized spacial score (nSPS) is 16.6. The van der Waals surface area contributed by atoms with E-state index in [1.165, 1.54) is 0 Å². The Bertz CT molecular complexity index is 762. The quantitative estimate of drug-likeness (QED) is 0.829. The first kappa shape index (κ1) is 16.7. The number of benzene rings is 2. The molecule has 6 nitrogen and oxygen atoms in total. The van der Waals surface area contributed by atoms with Gasteiger partial charge < -0.3 is 4.90 Å². The van der Waals surface area contributed by atoms with E-state index in [4.69, 9.17) is 0 Å². The van der Waals surface area contributed by atoms with E-state index in [1.807, 2.05) is 60.7 Å². The maximum Gasteiger partial charge on any atom is 0.243 e. The SMILES string of the molecule is O=C(Cc1ccccc1)NNC(=O)C1CC(=O)N(c2ccccc2)C1. The lowest BCUT2D eigenvalue weighted by Gasteiger charge is -2.16. The van der Waals surface area contributed by atoms with Gasteiger partial charge in [0.15, 0.2) is 0 Å². The number of hydrazine groups is 1. The molecule has 0 aromatic heterocycles. The molecule has 1 fully saturated rings. The van der Waals surface area contributed by atoms with Crippen molar-refractivity contribution in [3.8, 4) is 0 Å². The summed E-state index contributed by atoms with van der Waals surface area (Å²) in [6.07, 6.45) is 0.316. The monoisotopic (exact) mass is 337 g/mol. The van der Waals surface area contributed by atoms with Gasteiger partial charge >= 0.3 is 0 Å². The second-order valence-corrected chi connectivity index (χ2v) is 5.94. The average Bonchev–Trinajstić information content (AvgIpc) is 3.03. The van der Waals surface area contributed by atoms with E-state index in [1.54, 1.807) is 4.90 Å². The van der Waals surface area contributed by atoms with Crippen LogP contribution in [0.15, 0.2) is 60.7 Å². The molecule has 2 aromatic carbocycles. The Hall–Kier alpha value is -3.15. The molecule has 1 atom stereocenters.